The molecule has 6 nitrogen and oxygen atoms in total. The third kappa shape index (κ3) is 3.54. The number of carbonyl (C=O) groups excluding carboxylic acids is 1. The van der Waals surface area contributed by atoms with Crippen molar-refractivity contribution in [3.63, 3.8) is 0 Å². The van der Waals surface area contributed by atoms with Crippen LogP contribution in [0.3, 0.4) is 0 Å². The molecule has 0 aromatic carbocycles. The molecule has 0 aliphatic rings. The van der Waals surface area contributed by atoms with Gasteiger partial charge in [0.1, 0.15) is 12.6 Å². The van der Waals surface area contributed by atoms with E-state index in [9.17, 15) is 9.59 Å². The van der Waals surface area contributed by atoms with E-state index in [2.05, 4.69) is 0 Å². The summed E-state index contributed by atoms with van der Waals surface area (Å²) >= 11 is 0. The van der Waals surface area contributed by atoms with E-state index in [1.165, 1.54) is 0 Å². The van der Waals surface area contributed by atoms with Crippen LogP contribution in [0.15, 0.2) is 0 Å². The number of carbonyl (C=O) groups is 2. The molecule has 0 aliphatic heterocycles. The lowest BCUT2D eigenvalue weighted by Crippen LogP contribution is -2.44. The Hall–Kier alpha value is -1.14. The van der Waals surface area contributed by atoms with Crippen molar-refractivity contribution in [1.82, 2.24) is 5.32 Å². The van der Waals surface area contributed by atoms with E-state index >= 15 is 0 Å². The number of aliphatic hydroxyl groups is 2. The first kappa shape index (κ1) is 9.86. The number of hydrogen-bond donors (Lipinski definition) is 4. The van der Waals surface area contributed by atoms with Gasteiger partial charge in [0.2, 0.25) is 5.91 Å². The Bertz CT molecular complexity index is 157. The minimum absolute atomic E-state index is 0.693. The lowest BCUT2D eigenvalue weighted by molar-refractivity contribution is -0.143. The third-order valence-electron chi connectivity index (χ3n) is 0.959. The fourth-order valence-electron chi connectivity index (χ4n) is 0.425. The van der Waals surface area contributed by atoms with Gasteiger partial charge < -0.3 is 20.6 Å². The van der Waals surface area contributed by atoms with Crippen LogP contribution in [0, 0.1) is 0 Å². The van der Waals surface area contributed by atoms with Crippen molar-refractivity contribution in [1.29, 1.82) is 0 Å². The number of aliphatic carboxylic acids is 1. The molecule has 6 heteroatoms. The van der Waals surface area contributed by atoms with Crippen LogP contribution in [-0.4, -0.2) is 46.5 Å². The molecule has 0 bridgehead atoms. The quantitative estimate of drug-likeness (QED) is 0.367. The number of nitrogens with one attached hydrogen (secondary N) is 1. The first-order valence-corrected chi connectivity index (χ1v) is 2.85. The second-order valence-corrected chi connectivity index (χ2v) is 1.80. The summed E-state index contributed by atoms with van der Waals surface area (Å²) in [7, 11) is 0. The Morgan fingerprint density at radius 3 is 2.18 bits per heavy atom. The molecule has 0 unspecified atom stereocenters. The van der Waals surface area contributed by atoms with Crippen LogP contribution in [0.2, 0.25) is 0 Å². The number of carboxylic acid groups (broad SMARTS) is 1. The Balaban J connectivity index is 3.88. The highest BCUT2D eigenvalue weighted by Gasteiger charge is 2.17. The smallest absolute Gasteiger partial charge is 0.328 e. The predicted molar refractivity (Wildman–Crippen MR) is 33.7 cm³/mol. The molecule has 0 heterocycles. The first-order chi connectivity index (χ1) is 5.11. The van der Waals surface area contributed by atoms with E-state index in [-0.39, 0.29) is 0 Å². The molecule has 0 aromatic heterocycles. The largest absolute Gasteiger partial charge is 0.480 e. The molecule has 0 spiro atoms. The zero-order valence-corrected chi connectivity index (χ0v) is 5.65. The van der Waals surface area contributed by atoms with Gasteiger partial charge in [-0.15, -0.1) is 0 Å². The molecule has 11 heavy (non-hydrogen) atoms. The van der Waals surface area contributed by atoms with Gasteiger partial charge in [-0.1, -0.05) is 0 Å². The average molecular weight is 163 g/mol. The SMILES string of the molecule is O=C(CO)N[C@H](CO)C(=O)O. The highest BCUT2D eigenvalue weighted by atomic mass is 16.4. The molecule has 64 valence electrons. The van der Waals surface area contributed by atoms with Crippen LogP contribution in [0.5, 0.6) is 0 Å². The minimum Gasteiger partial charge on any atom is -0.480 e. The standard InChI is InChI=1S/C5H9NO5/c7-1-3(5(10)11)6-4(9)2-8/h3,7-8H,1-2H2,(H,6,9)(H,10,11)/t3-/m1/s1. The maximum atomic E-state index is 10.4. The Kier molecular flexibility index (Phi) is 4.16. The molecular formula is C5H9NO5. The average Bonchev–Trinajstić information content (AvgIpc) is 1.99. The lowest BCUT2D eigenvalue weighted by Gasteiger charge is -2.09. The molecule has 0 saturated heterocycles. The minimum atomic E-state index is -1.34. The predicted octanol–water partition coefficient (Wildman–Crippen LogP) is -2.46. The normalized spacial score (nSPS) is 12.2. The first-order valence-electron chi connectivity index (χ1n) is 2.85. The van der Waals surface area contributed by atoms with Crippen molar-refractivity contribution >= 4 is 11.9 Å². The maximum absolute atomic E-state index is 10.4. The van der Waals surface area contributed by atoms with Crippen molar-refractivity contribution in [2.75, 3.05) is 13.2 Å². The Morgan fingerprint density at radius 2 is 1.91 bits per heavy atom. The van der Waals surface area contributed by atoms with Crippen molar-refractivity contribution < 1.29 is 24.9 Å². The van der Waals surface area contributed by atoms with Gasteiger partial charge in [0, 0.05) is 0 Å². The van der Waals surface area contributed by atoms with Crippen molar-refractivity contribution in [2.24, 2.45) is 0 Å². The molecule has 0 radical (unpaired) electrons. The molecular weight excluding hydrogens is 154 g/mol. The van der Waals surface area contributed by atoms with Gasteiger partial charge in [0.05, 0.1) is 6.61 Å². The van der Waals surface area contributed by atoms with E-state index in [1.54, 1.807) is 0 Å². The monoisotopic (exact) mass is 163 g/mol. The fraction of sp³-hybridized carbons (Fsp3) is 0.600. The van der Waals surface area contributed by atoms with E-state index in [4.69, 9.17) is 15.3 Å². The van der Waals surface area contributed by atoms with Crippen LogP contribution in [-0.2, 0) is 9.59 Å². The van der Waals surface area contributed by atoms with E-state index < -0.39 is 31.1 Å². The summed E-state index contributed by atoms with van der Waals surface area (Å²) in [6, 6.07) is -1.34. The van der Waals surface area contributed by atoms with Crippen molar-refractivity contribution in [3.8, 4) is 0 Å². The Morgan fingerprint density at radius 1 is 1.36 bits per heavy atom. The molecule has 1 atom stereocenters. The van der Waals surface area contributed by atoms with Crippen LogP contribution in [0.25, 0.3) is 0 Å². The van der Waals surface area contributed by atoms with Crippen molar-refractivity contribution in [3.05, 3.63) is 0 Å². The van der Waals surface area contributed by atoms with Crippen molar-refractivity contribution in [2.45, 2.75) is 6.04 Å². The summed E-state index contributed by atoms with van der Waals surface area (Å²) in [6.07, 6.45) is 0. The van der Waals surface area contributed by atoms with Gasteiger partial charge in [-0.2, -0.15) is 0 Å². The van der Waals surface area contributed by atoms with E-state index in [0.717, 1.165) is 0 Å². The summed E-state index contributed by atoms with van der Waals surface area (Å²) in [4.78, 5) is 20.5. The molecule has 1 amide bonds. The number of amides is 1. The van der Waals surface area contributed by atoms with Gasteiger partial charge in [0.25, 0.3) is 0 Å². The van der Waals surface area contributed by atoms with Gasteiger partial charge in [-0.3, -0.25) is 4.79 Å². The highest BCUT2D eigenvalue weighted by molar-refractivity contribution is 5.84. The maximum Gasteiger partial charge on any atom is 0.328 e. The molecule has 0 aliphatic carbocycles. The summed E-state index contributed by atoms with van der Waals surface area (Å²) in [6.45, 7) is -1.48. The van der Waals surface area contributed by atoms with Gasteiger partial charge >= 0.3 is 5.97 Å². The summed E-state index contributed by atoms with van der Waals surface area (Å²) in [5.41, 5.74) is 0. The summed E-state index contributed by atoms with van der Waals surface area (Å²) < 4.78 is 0. The van der Waals surface area contributed by atoms with E-state index in [0.29, 0.717) is 0 Å². The highest BCUT2D eigenvalue weighted by Crippen LogP contribution is 1.81. The second-order valence-electron chi connectivity index (χ2n) is 1.80. The molecule has 0 fully saturated rings. The number of rotatable bonds is 4. The number of hydrogen-bond acceptors (Lipinski definition) is 4. The van der Waals surface area contributed by atoms with E-state index in [1.807, 2.05) is 5.32 Å². The van der Waals surface area contributed by atoms with Gasteiger partial charge in [-0.25, -0.2) is 4.79 Å². The molecule has 0 aromatic rings. The zero-order chi connectivity index (χ0) is 8.85. The molecule has 0 rings (SSSR count). The fourth-order valence-corrected chi connectivity index (χ4v) is 0.425. The second kappa shape index (κ2) is 4.64. The number of aliphatic hydroxyl groups excluding tert-OH is 2. The third-order valence-corrected chi connectivity index (χ3v) is 0.959. The summed E-state index contributed by atoms with van der Waals surface area (Å²) in [5.74, 6) is -2.17. The molecule has 0 saturated carbocycles. The number of carboxylic acids is 1. The lowest BCUT2D eigenvalue weighted by atomic mass is 10.3. The van der Waals surface area contributed by atoms with Crippen LogP contribution in [0.4, 0.5) is 0 Å². The summed E-state index contributed by atoms with van der Waals surface area (Å²) in [5, 5.41) is 26.7. The topological polar surface area (TPSA) is 107 Å². The van der Waals surface area contributed by atoms with Crippen LogP contribution < -0.4 is 5.32 Å². The van der Waals surface area contributed by atoms with Crippen LogP contribution >= 0.6 is 0 Å². The van der Waals surface area contributed by atoms with Crippen LogP contribution in [0.1, 0.15) is 0 Å². The van der Waals surface area contributed by atoms with Gasteiger partial charge in [0.15, 0.2) is 0 Å². The molecule has 4 N–H and O–H groups in total. The Labute approximate surface area is 62.5 Å². The zero-order valence-electron chi connectivity index (χ0n) is 5.65. The van der Waals surface area contributed by atoms with Gasteiger partial charge in [-0.05, 0) is 0 Å².